The molecule has 2 heterocycles. The second-order valence-corrected chi connectivity index (χ2v) is 6.67. The van der Waals surface area contributed by atoms with E-state index >= 15 is 0 Å². The zero-order valence-corrected chi connectivity index (χ0v) is 15.3. The predicted octanol–water partition coefficient (Wildman–Crippen LogP) is 1.24. The minimum absolute atomic E-state index is 0.0314. The number of carbonyl (C=O) groups excluding carboxylic acids is 2. The predicted molar refractivity (Wildman–Crippen MR) is 96.0 cm³/mol. The molecule has 0 aromatic heterocycles. The third-order valence-corrected chi connectivity index (χ3v) is 5.03. The Morgan fingerprint density at radius 2 is 1.93 bits per heavy atom. The van der Waals surface area contributed by atoms with E-state index in [1.807, 2.05) is 0 Å². The lowest BCUT2D eigenvalue weighted by atomic mass is 10.1. The highest BCUT2D eigenvalue weighted by atomic mass is 16.5. The third-order valence-electron chi connectivity index (χ3n) is 5.03. The lowest BCUT2D eigenvalue weighted by molar-refractivity contribution is -0.141. The molecule has 0 radical (unpaired) electrons. The molecule has 9 nitrogen and oxygen atoms in total. The standard InChI is InChI=1S/C18H23N3O6/c1-26-14-4-3-12(8-15(14)27-2)19-18(25)20-6-5-13(10-20)21-9-11(17(23)24)7-16(21)22/h3-4,8,11,13H,5-7,9-10H2,1-2H3,(H,19,25)(H,23,24). The SMILES string of the molecule is COc1ccc(NC(=O)N2CCC(N3CC(C(=O)O)CC3=O)C2)cc1OC. The van der Waals surface area contributed by atoms with Crippen molar-refractivity contribution in [3.8, 4) is 11.5 Å². The summed E-state index contributed by atoms with van der Waals surface area (Å²) in [7, 11) is 3.06. The van der Waals surface area contributed by atoms with Crippen LogP contribution < -0.4 is 14.8 Å². The number of carbonyl (C=O) groups is 3. The van der Waals surface area contributed by atoms with Crippen molar-refractivity contribution in [3.63, 3.8) is 0 Å². The number of amides is 3. The van der Waals surface area contributed by atoms with Crippen LogP contribution in [0.25, 0.3) is 0 Å². The maximum absolute atomic E-state index is 12.5. The van der Waals surface area contributed by atoms with Crippen molar-refractivity contribution in [1.82, 2.24) is 9.80 Å². The molecule has 2 N–H and O–H groups in total. The van der Waals surface area contributed by atoms with Crippen molar-refractivity contribution >= 4 is 23.6 Å². The first kappa shape index (κ1) is 18.8. The molecule has 0 aliphatic carbocycles. The van der Waals surface area contributed by atoms with Crippen molar-refractivity contribution in [3.05, 3.63) is 18.2 Å². The second-order valence-electron chi connectivity index (χ2n) is 6.67. The van der Waals surface area contributed by atoms with Gasteiger partial charge in [0.05, 0.1) is 26.2 Å². The normalized spacial score (nSPS) is 22.1. The highest BCUT2D eigenvalue weighted by Crippen LogP contribution is 2.30. The third kappa shape index (κ3) is 3.91. The molecule has 27 heavy (non-hydrogen) atoms. The topological polar surface area (TPSA) is 108 Å². The Morgan fingerprint density at radius 3 is 2.56 bits per heavy atom. The number of carboxylic acids is 1. The molecule has 146 valence electrons. The van der Waals surface area contributed by atoms with E-state index in [4.69, 9.17) is 14.6 Å². The van der Waals surface area contributed by atoms with Gasteiger partial charge in [0.1, 0.15) is 0 Å². The van der Waals surface area contributed by atoms with E-state index in [1.165, 1.54) is 14.2 Å². The fraction of sp³-hybridized carbons (Fsp3) is 0.500. The van der Waals surface area contributed by atoms with Gasteiger partial charge in [0.25, 0.3) is 0 Å². The lowest BCUT2D eigenvalue weighted by Gasteiger charge is -2.24. The van der Waals surface area contributed by atoms with Crippen molar-refractivity contribution < 1.29 is 29.0 Å². The summed E-state index contributed by atoms with van der Waals surface area (Å²) in [5, 5.41) is 11.9. The van der Waals surface area contributed by atoms with Gasteiger partial charge in [0.2, 0.25) is 5.91 Å². The summed E-state index contributed by atoms with van der Waals surface area (Å²) in [4.78, 5) is 39.0. The molecule has 3 rings (SSSR count). The number of hydrogen-bond acceptors (Lipinski definition) is 5. The molecular weight excluding hydrogens is 354 g/mol. The van der Waals surface area contributed by atoms with Crippen LogP contribution in [-0.4, -0.2) is 72.7 Å². The number of nitrogens with zero attached hydrogens (tertiary/aromatic N) is 2. The number of ether oxygens (including phenoxy) is 2. The summed E-state index contributed by atoms with van der Waals surface area (Å²) in [6, 6.07) is 4.68. The number of hydrogen-bond donors (Lipinski definition) is 2. The number of likely N-dealkylation sites (tertiary alicyclic amines) is 2. The molecule has 2 fully saturated rings. The molecule has 2 aliphatic heterocycles. The smallest absolute Gasteiger partial charge is 0.321 e. The number of methoxy groups -OCH3 is 2. The van der Waals surface area contributed by atoms with Gasteiger partial charge in [-0.2, -0.15) is 0 Å². The number of benzene rings is 1. The summed E-state index contributed by atoms with van der Waals surface area (Å²) < 4.78 is 10.4. The molecule has 2 atom stereocenters. The lowest BCUT2D eigenvalue weighted by Crippen LogP contribution is -2.41. The Morgan fingerprint density at radius 1 is 1.19 bits per heavy atom. The minimum atomic E-state index is -0.952. The number of nitrogens with one attached hydrogen (secondary N) is 1. The molecule has 3 amide bonds. The van der Waals surface area contributed by atoms with Crippen LogP contribution in [0.4, 0.5) is 10.5 Å². The van der Waals surface area contributed by atoms with Crippen LogP contribution in [0.2, 0.25) is 0 Å². The van der Waals surface area contributed by atoms with Gasteiger partial charge in [-0.15, -0.1) is 0 Å². The zero-order valence-electron chi connectivity index (χ0n) is 15.3. The van der Waals surface area contributed by atoms with E-state index in [9.17, 15) is 14.4 Å². The quantitative estimate of drug-likeness (QED) is 0.799. The highest BCUT2D eigenvalue weighted by molar-refractivity contribution is 5.90. The molecule has 0 saturated carbocycles. The number of carboxylic acid groups (broad SMARTS) is 1. The highest BCUT2D eigenvalue weighted by Gasteiger charge is 2.40. The van der Waals surface area contributed by atoms with Crippen LogP contribution in [0.15, 0.2) is 18.2 Å². The van der Waals surface area contributed by atoms with Gasteiger partial charge in [-0.25, -0.2) is 4.79 Å². The minimum Gasteiger partial charge on any atom is -0.493 e. The summed E-state index contributed by atoms with van der Waals surface area (Å²) in [6.45, 7) is 1.10. The Hall–Kier alpha value is -2.97. The molecule has 2 saturated heterocycles. The molecule has 0 spiro atoms. The Labute approximate surface area is 156 Å². The van der Waals surface area contributed by atoms with Gasteiger partial charge in [-0.3, -0.25) is 9.59 Å². The molecule has 1 aromatic rings. The largest absolute Gasteiger partial charge is 0.493 e. The zero-order chi connectivity index (χ0) is 19.6. The Balaban J connectivity index is 1.60. The first-order chi connectivity index (χ1) is 12.9. The van der Waals surface area contributed by atoms with Crippen LogP contribution >= 0.6 is 0 Å². The number of anilines is 1. The van der Waals surface area contributed by atoms with E-state index < -0.39 is 11.9 Å². The molecular formula is C18H23N3O6. The molecule has 9 heteroatoms. The number of urea groups is 1. The fourth-order valence-electron chi connectivity index (χ4n) is 3.55. The van der Waals surface area contributed by atoms with E-state index in [0.29, 0.717) is 36.7 Å². The fourth-order valence-corrected chi connectivity index (χ4v) is 3.55. The van der Waals surface area contributed by atoms with E-state index in [0.717, 1.165) is 0 Å². The van der Waals surface area contributed by atoms with Crippen LogP contribution in [0.1, 0.15) is 12.8 Å². The second kappa shape index (κ2) is 7.73. The maximum atomic E-state index is 12.5. The average Bonchev–Trinajstić information content (AvgIpc) is 3.28. The first-order valence-corrected chi connectivity index (χ1v) is 8.73. The summed E-state index contributed by atoms with van der Waals surface area (Å²) >= 11 is 0. The first-order valence-electron chi connectivity index (χ1n) is 8.73. The van der Waals surface area contributed by atoms with Crippen LogP contribution in [0, 0.1) is 5.92 Å². The van der Waals surface area contributed by atoms with Gasteiger partial charge >= 0.3 is 12.0 Å². The number of aliphatic carboxylic acids is 1. The van der Waals surface area contributed by atoms with Crippen LogP contribution in [-0.2, 0) is 9.59 Å². The van der Waals surface area contributed by atoms with Crippen molar-refractivity contribution in [2.45, 2.75) is 18.9 Å². The Bertz CT molecular complexity index is 753. The molecule has 2 aliphatic rings. The summed E-state index contributed by atoms with van der Waals surface area (Å²) in [5.74, 6) is -0.692. The summed E-state index contributed by atoms with van der Waals surface area (Å²) in [6.07, 6.45) is 0.668. The van der Waals surface area contributed by atoms with Gasteiger partial charge in [0, 0.05) is 37.8 Å². The van der Waals surface area contributed by atoms with Crippen LogP contribution in [0.3, 0.4) is 0 Å². The molecule has 1 aromatic carbocycles. The average molecular weight is 377 g/mol. The number of rotatable bonds is 5. The monoisotopic (exact) mass is 377 g/mol. The maximum Gasteiger partial charge on any atom is 0.321 e. The molecule has 0 bridgehead atoms. The Kier molecular flexibility index (Phi) is 5.38. The van der Waals surface area contributed by atoms with Crippen molar-refractivity contribution in [1.29, 1.82) is 0 Å². The van der Waals surface area contributed by atoms with Crippen molar-refractivity contribution in [2.24, 2.45) is 5.92 Å². The van der Waals surface area contributed by atoms with Crippen molar-refractivity contribution in [2.75, 3.05) is 39.2 Å². The van der Waals surface area contributed by atoms with E-state index in [-0.39, 0.29) is 30.9 Å². The summed E-state index contributed by atoms with van der Waals surface area (Å²) in [5.41, 5.74) is 0.573. The van der Waals surface area contributed by atoms with Gasteiger partial charge < -0.3 is 29.7 Å². The van der Waals surface area contributed by atoms with E-state index in [1.54, 1.807) is 28.0 Å². The molecule has 2 unspecified atom stereocenters. The van der Waals surface area contributed by atoms with Gasteiger partial charge in [-0.1, -0.05) is 0 Å². The van der Waals surface area contributed by atoms with Gasteiger partial charge in [-0.05, 0) is 18.6 Å². The van der Waals surface area contributed by atoms with Gasteiger partial charge in [0.15, 0.2) is 11.5 Å². The van der Waals surface area contributed by atoms with Crippen LogP contribution in [0.5, 0.6) is 11.5 Å². The van der Waals surface area contributed by atoms with E-state index in [2.05, 4.69) is 5.32 Å².